The van der Waals surface area contributed by atoms with Gasteiger partial charge in [0.1, 0.15) is 5.82 Å². The number of rotatable bonds is 5. The van der Waals surface area contributed by atoms with Crippen LogP contribution in [-0.4, -0.2) is 18.1 Å². The number of hydrogen-bond acceptors (Lipinski definition) is 2. The lowest BCUT2D eigenvalue weighted by atomic mass is 10.2. The molecule has 84 valence electrons. The summed E-state index contributed by atoms with van der Waals surface area (Å²) in [6.07, 6.45) is 4.34. The number of aromatic nitrogens is 1. The topological polar surface area (TPSA) is 16.1 Å². The number of nitrogens with zero attached hydrogens (tertiary/aromatic N) is 2. The van der Waals surface area contributed by atoms with Gasteiger partial charge in [-0.2, -0.15) is 0 Å². The Bertz CT molecular complexity index is 312. The molecule has 2 nitrogen and oxygen atoms in total. The number of unbranched alkanes of at least 4 members (excludes halogenated alkanes) is 1. The van der Waals surface area contributed by atoms with Gasteiger partial charge < -0.3 is 4.90 Å². The van der Waals surface area contributed by atoms with Crippen molar-refractivity contribution in [2.24, 2.45) is 0 Å². The molecule has 1 aromatic heterocycles. The van der Waals surface area contributed by atoms with Crippen LogP contribution in [0.2, 0.25) is 0 Å². The molecule has 0 aliphatic carbocycles. The highest BCUT2D eigenvalue weighted by molar-refractivity contribution is 9.10. The first kappa shape index (κ1) is 12.5. The number of halogens is 1. The quantitative estimate of drug-likeness (QED) is 0.810. The highest BCUT2D eigenvalue weighted by Crippen LogP contribution is 2.20. The van der Waals surface area contributed by atoms with Gasteiger partial charge in [0.15, 0.2) is 0 Å². The second-order valence-electron chi connectivity index (χ2n) is 3.72. The molecule has 0 bridgehead atoms. The van der Waals surface area contributed by atoms with Crippen LogP contribution in [0.5, 0.6) is 0 Å². The van der Waals surface area contributed by atoms with Gasteiger partial charge in [-0.1, -0.05) is 13.3 Å². The molecule has 1 heterocycles. The van der Waals surface area contributed by atoms with E-state index < -0.39 is 0 Å². The van der Waals surface area contributed by atoms with Gasteiger partial charge >= 0.3 is 0 Å². The van der Waals surface area contributed by atoms with Crippen LogP contribution >= 0.6 is 15.9 Å². The molecule has 3 heteroatoms. The van der Waals surface area contributed by atoms with Crippen molar-refractivity contribution in [3.8, 4) is 0 Å². The number of pyridine rings is 1. The van der Waals surface area contributed by atoms with Gasteiger partial charge in [0.25, 0.3) is 0 Å². The minimum atomic E-state index is 1.02. The summed E-state index contributed by atoms with van der Waals surface area (Å²) in [6.45, 7) is 8.61. The Kier molecular flexibility index (Phi) is 5.09. The molecule has 0 aliphatic heterocycles. The molecule has 1 rings (SSSR count). The third-order valence-corrected chi connectivity index (χ3v) is 3.35. The Hall–Kier alpha value is -0.570. The van der Waals surface area contributed by atoms with E-state index in [1.807, 2.05) is 6.20 Å². The maximum atomic E-state index is 4.44. The van der Waals surface area contributed by atoms with Gasteiger partial charge in [0.2, 0.25) is 0 Å². The normalized spacial score (nSPS) is 10.4. The summed E-state index contributed by atoms with van der Waals surface area (Å²) in [4.78, 5) is 6.76. The van der Waals surface area contributed by atoms with Gasteiger partial charge in [-0.15, -0.1) is 0 Å². The van der Waals surface area contributed by atoms with E-state index in [0.717, 1.165) is 23.4 Å². The molecular weight excluding hydrogens is 252 g/mol. The minimum absolute atomic E-state index is 1.02. The van der Waals surface area contributed by atoms with Crippen molar-refractivity contribution in [2.45, 2.75) is 33.6 Å². The van der Waals surface area contributed by atoms with Crippen LogP contribution in [-0.2, 0) is 0 Å². The second kappa shape index (κ2) is 6.11. The Balaban J connectivity index is 2.78. The van der Waals surface area contributed by atoms with Crippen LogP contribution in [0, 0.1) is 6.92 Å². The van der Waals surface area contributed by atoms with E-state index in [-0.39, 0.29) is 0 Å². The molecular formula is C12H19BrN2. The summed E-state index contributed by atoms with van der Waals surface area (Å²) < 4.78 is 1.08. The maximum absolute atomic E-state index is 4.44. The summed E-state index contributed by atoms with van der Waals surface area (Å²) in [5.74, 6) is 1.09. The summed E-state index contributed by atoms with van der Waals surface area (Å²) in [5.41, 5.74) is 1.25. The molecule has 15 heavy (non-hydrogen) atoms. The average molecular weight is 271 g/mol. The zero-order chi connectivity index (χ0) is 11.3. The Morgan fingerprint density at radius 2 is 2.13 bits per heavy atom. The molecule has 0 radical (unpaired) electrons. The van der Waals surface area contributed by atoms with Crippen LogP contribution in [0.1, 0.15) is 32.3 Å². The standard InChI is InChI=1S/C12H19BrN2/c1-4-6-7-15(5-2)12-8-10(3)11(13)9-14-12/h8-9H,4-7H2,1-3H3. The van der Waals surface area contributed by atoms with Gasteiger partial charge in [-0.3, -0.25) is 0 Å². The van der Waals surface area contributed by atoms with E-state index in [2.05, 4.69) is 52.7 Å². The van der Waals surface area contributed by atoms with E-state index in [1.54, 1.807) is 0 Å². The molecule has 0 amide bonds. The number of anilines is 1. The smallest absolute Gasteiger partial charge is 0.128 e. The number of aryl methyl sites for hydroxylation is 1. The lowest BCUT2D eigenvalue weighted by Gasteiger charge is -2.22. The fraction of sp³-hybridized carbons (Fsp3) is 0.583. The van der Waals surface area contributed by atoms with Gasteiger partial charge in [0.05, 0.1) is 0 Å². The largest absolute Gasteiger partial charge is 0.357 e. The number of hydrogen-bond donors (Lipinski definition) is 0. The van der Waals surface area contributed by atoms with E-state index in [1.165, 1.54) is 18.4 Å². The van der Waals surface area contributed by atoms with Crippen molar-refractivity contribution >= 4 is 21.7 Å². The van der Waals surface area contributed by atoms with Crippen molar-refractivity contribution in [3.05, 3.63) is 22.3 Å². The van der Waals surface area contributed by atoms with Crippen molar-refractivity contribution in [2.75, 3.05) is 18.0 Å². The molecule has 0 saturated carbocycles. The summed E-state index contributed by atoms with van der Waals surface area (Å²) >= 11 is 3.47. The van der Waals surface area contributed by atoms with Gasteiger partial charge in [-0.05, 0) is 47.8 Å². The molecule has 0 fully saturated rings. The fourth-order valence-corrected chi connectivity index (χ4v) is 1.70. The maximum Gasteiger partial charge on any atom is 0.128 e. The Labute approximate surface area is 101 Å². The van der Waals surface area contributed by atoms with Gasteiger partial charge in [0, 0.05) is 23.8 Å². The van der Waals surface area contributed by atoms with Crippen LogP contribution in [0.3, 0.4) is 0 Å². The SMILES string of the molecule is CCCCN(CC)c1cc(C)c(Br)cn1. The monoisotopic (exact) mass is 270 g/mol. The van der Waals surface area contributed by atoms with Crippen molar-refractivity contribution in [1.82, 2.24) is 4.98 Å². The first-order chi connectivity index (χ1) is 7.19. The van der Waals surface area contributed by atoms with Crippen LogP contribution in [0.25, 0.3) is 0 Å². The van der Waals surface area contributed by atoms with Crippen molar-refractivity contribution < 1.29 is 0 Å². The lowest BCUT2D eigenvalue weighted by molar-refractivity contribution is 0.723. The zero-order valence-electron chi connectivity index (χ0n) is 9.76. The zero-order valence-corrected chi connectivity index (χ0v) is 11.3. The Morgan fingerprint density at radius 1 is 1.40 bits per heavy atom. The predicted octanol–water partition coefficient (Wildman–Crippen LogP) is 3.78. The minimum Gasteiger partial charge on any atom is -0.357 e. The molecule has 0 aromatic carbocycles. The highest BCUT2D eigenvalue weighted by Gasteiger charge is 2.06. The van der Waals surface area contributed by atoms with E-state index >= 15 is 0 Å². The third-order valence-electron chi connectivity index (χ3n) is 2.52. The summed E-state index contributed by atoms with van der Waals surface area (Å²) in [7, 11) is 0. The molecule has 1 aromatic rings. The molecule has 0 spiro atoms. The molecule has 0 unspecified atom stereocenters. The van der Waals surface area contributed by atoms with Crippen molar-refractivity contribution in [1.29, 1.82) is 0 Å². The lowest BCUT2D eigenvalue weighted by Crippen LogP contribution is -2.24. The Morgan fingerprint density at radius 3 is 2.67 bits per heavy atom. The summed E-state index contributed by atoms with van der Waals surface area (Å²) in [6, 6.07) is 2.14. The van der Waals surface area contributed by atoms with Gasteiger partial charge in [-0.25, -0.2) is 4.98 Å². The first-order valence-electron chi connectivity index (χ1n) is 5.56. The van der Waals surface area contributed by atoms with E-state index in [0.29, 0.717) is 0 Å². The molecule has 0 atom stereocenters. The predicted molar refractivity (Wildman–Crippen MR) is 69.5 cm³/mol. The molecule has 0 aliphatic rings. The van der Waals surface area contributed by atoms with Crippen LogP contribution in [0.4, 0.5) is 5.82 Å². The van der Waals surface area contributed by atoms with E-state index in [9.17, 15) is 0 Å². The third kappa shape index (κ3) is 3.49. The van der Waals surface area contributed by atoms with Crippen LogP contribution < -0.4 is 4.90 Å². The highest BCUT2D eigenvalue weighted by atomic mass is 79.9. The van der Waals surface area contributed by atoms with Crippen LogP contribution in [0.15, 0.2) is 16.7 Å². The van der Waals surface area contributed by atoms with Crippen molar-refractivity contribution in [3.63, 3.8) is 0 Å². The fourth-order valence-electron chi connectivity index (χ4n) is 1.48. The average Bonchev–Trinajstić information content (AvgIpc) is 2.24. The first-order valence-corrected chi connectivity index (χ1v) is 6.35. The molecule has 0 N–H and O–H groups in total. The second-order valence-corrected chi connectivity index (χ2v) is 4.58. The van der Waals surface area contributed by atoms with E-state index in [4.69, 9.17) is 0 Å². The molecule has 0 saturated heterocycles. The summed E-state index contributed by atoms with van der Waals surface area (Å²) in [5, 5.41) is 0.